The summed E-state index contributed by atoms with van der Waals surface area (Å²) >= 11 is 4.05. The number of carbonyl (C=O) groups excluding carboxylic acids is 1. The van der Waals surface area contributed by atoms with Gasteiger partial charge in [0, 0.05) is 5.56 Å². The topological polar surface area (TPSA) is 35.5 Å². The third kappa shape index (κ3) is 1.52. The normalized spacial score (nSPS) is 21.9. The summed E-state index contributed by atoms with van der Waals surface area (Å²) in [7, 11) is 0. The predicted octanol–water partition coefficient (Wildman–Crippen LogP) is 4.00. The van der Waals surface area contributed by atoms with Crippen LogP contribution in [0.25, 0.3) is 27.6 Å². The molecule has 1 heterocycles. The van der Waals surface area contributed by atoms with Gasteiger partial charge < -0.3 is 9.47 Å². The van der Waals surface area contributed by atoms with Crippen molar-refractivity contribution in [2.75, 3.05) is 6.79 Å². The van der Waals surface area contributed by atoms with Gasteiger partial charge in [0.1, 0.15) is 5.76 Å². The molecule has 0 amide bonds. The molecule has 5 rings (SSSR count). The lowest BCUT2D eigenvalue weighted by molar-refractivity contribution is -0.127. The average Bonchev–Trinajstić information content (AvgIpc) is 3.11. The summed E-state index contributed by atoms with van der Waals surface area (Å²) in [6.45, 7) is 0.0767. The highest BCUT2D eigenvalue weighted by Crippen LogP contribution is 2.50. The molecule has 1 aliphatic heterocycles. The minimum Gasteiger partial charge on any atom is -0.468 e. The summed E-state index contributed by atoms with van der Waals surface area (Å²) < 4.78 is 11.2. The van der Waals surface area contributed by atoms with Gasteiger partial charge >= 0.3 is 0 Å². The fraction of sp³-hybridized carbons (Fsp3) is 0.105. The molecular weight excluding hydrogens is 308 g/mol. The van der Waals surface area contributed by atoms with Crippen LogP contribution in [0.2, 0.25) is 0 Å². The van der Waals surface area contributed by atoms with Crippen LogP contribution >= 0.6 is 12.6 Å². The minimum absolute atomic E-state index is 0.0767. The first kappa shape index (κ1) is 13.2. The van der Waals surface area contributed by atoms with Crippen LogP contribution < -0.4 is 0 Å². The largest absolute Gasteiger partial charge is 0.468 e. The highest BCUT2D eigenvalue weighted by atomic mass is 32.1. The van der Waals surface area contributed by atoms with Gasteiger partial charge in [-0.1, -0.05) is 48.5 Å². The second kappa shape index (κ2) is 4.37. The van der Waals surface area contributed by atoms with Crippen LogP contribution in [0.1, 0.15) is 11.1 Å². The van der Waals surface area contributed by atoms with E-state index in [1.165, 1.54) is 10.8 Å². The molecule has 0 N–H and O–H groups in total. The Bertz CT molecular complexity index is 1040. The minimum atomic E-state index is -1.18. The van der Waals surface area contributed by atoms with Crippen LogP contribution in [0, 0.1) is 0 Å². The van der Waals surface area contributed by atoms with Gasteiger partial charge in [0.15, 0.2) is 6.79 Å². The quantitative estimate of drug-likeness (QED) is 0.544. The number of rotatable bonds is 1. The molecule has 0 radical (unpaired) electrons. The van der Waals surface area contributed by atoms with Crippen LogP contribution in [0.15, 0.2) is 54.3 Å². The van der Waals surface area contributed by atoms with Crippen LogP contribution in [0.3, 0.4) is 0 Å². The van der Waals surface area contributed by atoms with E-state index in [2.05, 4.69) is 36.9 Å². The monoisotopic (exact) mass is 320 g/mol. The molecule has 0 saturated carbocycles. The fourth-order valence-corrected chi connectivity index (χ4v) is 3.99. The van der Waals surface area contributed by atoms with Crippen LogP contribution in [-0.2, 0) is 19.9 Å². The third-order valence-electron chi connectivity index (χ3n) is 4.76. The number of hydrogen-bond acceptors (Lipinski definition) is 3. The molecule has 1 aliphatic carbocycles. The summed E-state index contributed by atoms with van der Waals surface area (Å²) in [5, 5.41) is 4.28. The molecule has 1 unspecified atom stereocenters. The molecule has 1 atom stereocenters. The van der Waals surface area contributed by atoms with Gasteiger partial charge in [-0.25, -0.2) is 0 Å². The highest BCUT2D eigenvalue weighted by molar-refractivity contribution is 7.96. The molecule has 0 spiro atoms. The van der Waals surface area contributed by atoms with Gasteiger partial charge in [0.2, 0.25) is 10.7 Å². The van der Waals surface area contributed by atoms with Crippen LogP contribution in [-0.4, -0.2) is 11.9 Å². The fourth-order valence-electron chi connectivity index (χ4n) is 3.70. The first-order valence-electron chi connectivity index (χ1n) is 7.39. The van der Waals surface area contributed by atoms with E-state index in [0.29, 0.717) is 5.76 Å². The van der Waals surface area contributed by atoms with Gasteiger partial charge in [-0.2, -0.15) is 0 Å². The molecule has 3 aromatic rings. The lowest BCUT2D eigenvalue weighted by Crippen LogP contribution is -2.32. The van der Waals surface area contributed by atoms with Crippen molar-refractivity contribution in [3.8, 4) is 0 Å². The van der Waals surface area contributed by atoms with Crippen LogP contribution in [0.4, 0.5) is 0 Å². The molecule has 1 fully saturated rings. The van der Waals surface area contributed by atoms with E-state index in [1.807, 2.05) is 30.3 Å². The van der Waals surface area contributed by atoms with Gasteiger partial charge in [-0.05, 0) is 33.2 Å². The van der Waals surface area contributed by atoms with Gasteiger partial charge in [-0.3, -0.25) is 4.79 Å². The zero-order chi connectivity index (χ0) is 15.6. The number of carbonyl (C=O) groups is 1. The first-order chi connectivity index (χ1) is 11.2. The first-order valence-corrected chi connectivity index (χ1v) is 7.84. The summed E-state index contributed by atoms with van der Waals surface area (Å²) in [4.78, 5) is 12.2. The maximum absolute atomic E-state index is 12.2. The van der Waals surface area contributed by atoms with Crippen molar-refractivity contribution < 1.29 is 14.3 Å². The molecule has 0 bridgehead atoms. The number of ether oxygens (including phenoxy) is 2. The number of hydrogen-bond donors (Lipinski definition) is 1. The Hall–Kier alpha value is -2.30. The zero-order valence-corrected chi connectivity index (χ0v) is 13.0. The van der Waals surface area contributed by atoms with Crippen molar-refractivity contribution >= 4 is 45.4 Å². The Balaban J connectivity index is 1.90. The highest BCUT2D eigenvalue weighted by Gasteiger charge is 2.53. The molecule has 2 aliphatic rings. The van der Waals surface area contributed by atoms with Crippen molar-refractivity contribution in [1.29, 1.82) is 0 Å². The van der Waals surface area contributed by atoms with Crippen molar-refractivity contribution in [1.82, 2.24) is 0 Å². The average molecular weight is 320 g/mol. The van der Waals surface area contributed by atoms with E-state index in [9.17, 15) is 4.79 Å². The van der Waals surface area contributed by atoms with Gasteiger partial charge in [0.25, 0.3) is 0 Å². The second-order valence-corrected chi connectivity index (χ2v) is 6.22. The zero-order valence-electron chi connectivity index (χ0n) is 12.1. The van der Waals surface area contributed by atoms with E-state index in [-0.39, 0.29) is 11.9 Å². The molecule has 4 heteroatoms. The lowest BCUT2D eigenvalue weighted by atomic mass is 9.91. The Morgan fingerprint density at radius 3 is 2.70 bits per heavy atom. The van der Waals surface area contributed by atoms with E-state index in [1.54, 1.807) is 0 Å². The molecule has 3 nitrogen and oxygen atoms in total. The SMILES string of the molecule is O=C(S)C12OCOC1=Cc1c2ccc2c1ccc1ccccc12. The maximum atomic E-state index is 12.2. The smallest absolute Gasteiger partial charge is 0.230 e. The van der Waals surface area contributed by atoms with Crippen molar-refractivity contribution in [2.45, 2.75) is 5.60 Å². The summed E-state index contributed by atoms with van der Waals surface area (Å²) in [5.41, 5.74) is 0.608. The predicted molar refractivity (Wildman–Crippen MR) is 92.1 cm³/mol. The number of thiol groups is 1. The second-order valence-electron chi connectivity index (χ2n) is 5.81. The Morgan fingerprint density at radius 2 is 1.83 bits per heavy atom. The standard InChI is InChI=1S/C19H12O3S/c20-18(23)19-16-8-7-13-12-4-2-1-3-11(12)5-6-14(13)15(16)9-17(19)21-10-22-19/h1-9H,10H2,(H,20,23). The Morgan fingerprint density at radius 1 is 1.00 bits per heavy atom. The summed E-state index contributed by atoms with van der Waals surface area (Å²) in [5.74, 6) is 0.535. The summed E-state index contributed by atoms with van der Waals surface area (Å²) in [6, 6.07) is 16.5. The number of fused-ring (bicyclic) bond motifs is 7. The van der Waals surface area contributed by atoms with E-state index < -0.39 is 5.60 Å². The van der Waals surface area contributed by atoms with Gasteiger partial charge in [-0.15, -0.1) is 12.6 Å². The maximum Gasteiger partial charge on any atom is 0.230 e. The third-order valence-corrected chi connectivity index (χ3v) is 5.08. The molecule has 1 saturated heterocycles. The lowest BCUT2D eigenvalue weighted by Gasteiger charge is -2.21. The number of benzene rings is 3. The van der Waals surface area contributed by atoms with E-state index in [4.69, 9.17) is 9.47 Å². The van der Waals surface area contributed by atoms with E-state index >= 15 is 0 Å². The molecule has 3 aromatic carbocycles. The van der Waals surface area contributed by atoms with E-state index in [0.717, 1.165) is 21.9 Å². The van der Waals surface area contributed by atoms with Crippen molar-refractivity contribution in [2.24, 2.45) is 0 Å². The van der Waals surface area contributed by atoms with Gasteiger partial charge in [0.05, 0.1) is 0 Å². The molecule has 112 valence electrons. The molecular formula is C19H12O3S. The Kier molecular flexibility index (Phi) is 2.50. The van der Waals surface area contributed by atoms with Crippen molar-refractivity contribution in [3.63, 3.8) is 0 Å². The molecule has 0 aromatic heterocycles. The van der Waals surface area contributed by atoms with Crippen molar-refractivity contribution in [3.05, 3.63) is 65.4 Å². The summed E-state index contributed by atoms with van der Waals surface area (Å²) in [6.07, 6.45) is 1.91. The van der Waals surface area contributed by atoms with Crippen LogP contribution in [0.5, 0.6) is 0 Å². The molecule has 23 heavy (non-hydrogen) atoms. The Labute approximate surface area is 137 Å².